The standard InChI is InChI=1S/C20H30O3/c1-13(2)17-9-4-14(3)12-19(17)23-20-18(10-11-22-20)15-5-7-16(21)8-6-15/h5-8,13-14,17-21H,4,9-12H2,1-3H3/t14-,17-,18-,19+,20-/m1/s1. The van der Waals surface area contributed by atoms with E-state index in [1.54, 1.807) is 12.1 Å². The predicted octanol–water partition coefficient (Wildman–Crippen LogP) is 4.70. The average Bonchev–Trinajstić information content (AvgIpc) is 2.96. The van der Waals surface area contributed by atoms with Crippen LogP contribution in [-0.2, 0) is 9.47 Å². The van der Waals surface area contributed by atoms with Crippen molar-refractivity contribution in [3.05, 3.63) is 29.8 Å². The second-order valence-corrected chi connectivity index (χ2v) is 7.73. The van der Waals surface area contributed by atoms with Gasteiger partial charge in [-0.2, -0.15) is 0 Å². The highest BCUT2D eigenvalue weighted by Crippen LogP contribution is 2.40. The highest BCUT2D eigenvalue weighted by Gasteiger charge is 2.37. The Bertz CT molecular complexity index is 496. The number of phenols is 1. The lowest BCUT2D eigenvalue weighted by Crippen LogP contribution is -2.38. The first-order valence-electron chi connectivity index (χ1n) is 9.10. The van der Waals surface area contributed by atoms with Crippen LogP contribution in [0.15, 0.2) is 24.3 Å². The summed E-state index contributed by atoms with van der Waals surface area (Å²) in [6, 6.07) is 7.50. The summed E-state index contributed by atoms with van der Waals surface area (Å²) in [6.45, 7) is 7.71. The molecule has 1 saturated heterocycles. The summed E-state index contributed by atoms with van der Waals surface area (Å²) in [6.07, 6.45) is 4.88. The largest absolute Gasteiger partial charge is 0.508 e. The summed E-state index contributed by atoms with van der Waals surface area (Å²) in [7, 11) is 0. The van der Waals surface area contributed by atoms with Crippen molar-refractivity contribution in [2.45, 2.75) is 64.8 Å². The third-order valence-electron chi connectivity index (χ3n) is 5.63. The number of aromatic hydroxyl groups is 1. The minimum absolute atomic E-state index is 0.143. The van der Waals surface area contributed by atoms with Crippen LogP contribution in [0.25, 0.3) is 0 Å². The van der Waals surface area contributed by atoms with Gasteiger partial charge in [-0.25, -0.2) is 0 Å². The fourth-order valence-corrected chi connectivity index (χ4v) is 4.19. The molecule has 1 aromatic carbocycles. The molecule has 1 heterocycles. The van der Waals surface area contributed by atoms with Crippen LogP contribution in [0, 0.1) is 17.8 Å². The number of benzene rings is 1. The molecule has 23 heavy (non-hydrogen) atoms. The van der Waals surface area contributed by atoms with Crippen molar-refractivity contribution in [3.63, 3.8) is 0 Å². The average molecular weight is 318 g/mol. The van der Waals surface area contributed by atoms with E-state index in [9.17, 15) is 5.11 Å². The maximum absolute atomic E-state index is 9.49. The monoisotopic (exact) mass is 318 g/mol. The van der Waals surface area contributed by atoms with E-state index in [-0.39, 0.29) is 12.2 Å². The maximum atomic E-state index is 9.49. The molecule has 1 N–H and O–H groups in total. The zero-order chi connectivity index (χ0) is 16.4. The highest BCUT2D eigenvalue weighted by molar-refractivity contribution is 5.29. The third-order valence-corrected chi connectivity index (χ3v) is 5.63. The first kappa shape index (κ1) is 16.8. The van der Waals surface area contributed by atoms with Crippen molar-refractivity contribution in [1.82, 2.24) is 0 Å². The van der Waals surface area contributed by atoms with Crippen molar-refractivity contribution in [2.24, 2.45) is 17.8 Å². The number of hydrogen-bond acceptors (Lipinski definition) is 3. The van der Waals surface area contributed by atoms with Gasteiger partial charge in [0, 0.05) is 5.92 Å². The molecule has 5 atom stereocenters. The minimum Gasteiger partial charge on any atom is -0.508 e. The van der Waals surface area contributed by atoms with E-state index in [0.29, 0.717) is 23.7 Å². The lowest BCUT2D eigenvalue weighted by molar-refractivity contribution is -0.180. The lowest BCUT2D eigenvalue weighted by atomic mass is 9.75. The Morgan fingerprint density at radius 3 is 2.57 bits per heavy atom. The Morgan fingerprint density at radius 1 is 1.13 bits per heavy atom. The van der Waals surface area contributed by atoms with Gasteiger partial charge in [0.1, 0.15) is 5.75 Å². The van der Waals surface area contributed by atoms with Gasteiger partial charge < -0.3 is 14.6 Å². The van der Waals surface area contributed by atoms with Crippen LogP contribution in [0.1, 0.15) is 57.9 Å². The number of rotatable bonds is 4. The molecule has 0 radical (unpaired) electrons. The number of ether oxygens (including phenoxy) is 2. The summed E-state index contributed by atoms with van der Waals surface area (Å²) in [5.74, 6) is 2.62. The predicted molar refractivity (Wildman–Crippen MR) is 91.4 cm³/mol. The van der Waals surface area contributed by atoms with Crippen LogP contribution >= 0.6 is 0 Å². The van der Waals surface area contributed by atoms with E-state index >= 15 is 0 Å². The molecule has 2 fully saturated rings. The van der Waals surface area contributed by atoms with Crippen LogP contribution in [0.5, 0.6) is 5.75 Å². The SMILES string of the molecule is CC(C)[C@H]1CC[C@@H](C)C[C@@H]1O[C@H]1OCC[C@@H]1c1ccc(O)cc1. The van der Waals surface area contributed by atoms with Crippen LogP contribution in [0.3, 0.4) is 0 Å². The van der Waals surface area contributed by atoms with Crippen molar-refractivity contribution in [1.29, 1.82) is 0 Å². The molecule has 2 aliphatic rings. The Kier molecular flexibility index (Phi) is 5.27. The summed E-state index contributed by atoms with van der Waals surface area (Å²) < 4.78 is 12.4. The molecule has 3 nitrogen and oxygen atoms in total. The minimum atomic E-state index is -0.143. The quantitative estimate of drug-likeness (QED) is 0.874. The molecule has 1 aliphatic carbocycles. The molecule has 1 saturated carbocycles. The Balaban J connectivity index is 1.70. The topological polar surface area (TPSA) is 38.7 Å². The van der Waals surface area contributed by atoms with E-state index in [4.69, 9.17) is 9.47 Å². The molecular weight excluding hydrogens is 288 g/mol. The van der Waals surface area contributed by atoms with E-state index in [1.165, 1.54) is 18.4 Å². The molecule has 1 aliphatic heterocycles. The summed E-state index contributed by atoms with van der Waals surface area (Å²) in [4.78, 5) is 0. The smallest absolute Gasteiger partial charge is 0.164 e. The third kappa shape index (κ3) is 3.89. The summed E-state index contributed by atoms with van der Waals surface area (Å²) in [5, 5.41) is 9.49. The van der Waals surface area contributed by atoms with Crippen LogP contribution < -0.4 is 0 Å². The van der Waals surface area contributed by atoms with E-state index in [0.717, 1.165) is 25.4 Å². The van der Waals surface area contributed by atoms with Gasteiger partial charge >= 0.3 is 0 Å². The van der Waals surface area contributed by atoms with E-state index < -0.39 is 0 Å². The summed E-state index contributed by atoms with van der Waals surface area (Å²) in [5.41, 5.74) is 1.20. The lowest BCUT2D eigenvalue weighted by Gasteiger charge is -2.39. The molecule has 0 amide bonds. The zero-order valence-corrected chi connectivity index (χ0v) is 14.6. The molecule has 0 aromatic heterocycles. The second kappa shape index (κ2) is 7.23. The molecule has 3 rings (SSSR count). The van der Waals surface area contributed by atoms with Crippen LogP contribution in [-0.4, -0.2) is 24.1 Å². The van der Waals surface area contributed by atoms with Gasteiger partial charge in [-0.3, -0.25) is 0 Å². The van der Waals surface area contributed by atoms with Gasteiger partial charge in [0.15, 0.2) is 6.29 Å². The van der Waals surface area contributed by atoms with Gasteiger partial charge in [0.25, 0.3) is 0 Å². The van der Waals surface area contributed by atoms with E-state index in [1.807, 2.05) is 12.1 Å². The van der Waals surface area contributed by atoms with Gasteiger partial charge in [-0.05, 0) is 54.7 Å². The highest BCUT2D eigenvalue weighted by atomic mass is 16.7. The Hall–Kier alpha value is -1.06. The van der Waals surface area contributed by atoms with Gasteiger partial charge in [0.05, 0.1) is 12.7 Å². The number of phenolic OH excluding ortho intramolecular Hbond substituents is 1. The molecule has 0 spiro atoms. The molecule has 0 unspecified atom stereocenters. The molecule has 3 heteroatoms. The van der Waals surface area contributed by atoms with Crippen LogP contribution in [0.4, 0.5) is 0 Å². The first-order chi connectivity index (χ1) is 11.0. The molecule has 128 valence electrons. The first-order valence-corrected chi connectivity index (χ1v) is 9.10. The van der Waals surface area contributed by atoms with Crippen molar-refractivity contribution in [2.75, 3.05) is 6.61 Å². The maximum Gasteiger partial charge on any atom is 0.164 e. The Morgan fingerprint density at radius 2 is 1.87 bits per heavy atom. The van der Waals surface area contributed by atoms with Crippen LogP contribution in [0.2, 0.25) is 0 Å². The zero-order valence-electron chi connectivity index (χ0n) is 14.6. The van der Waals surface area contributed by atoms with Crippen molar-refractivity contribution >= 4 is 0 Å². The normalized spacial score (nSPS) is 34.9. The van der Waals surface area contributed by atoms with Gasteiger partial charge in [-0.15, -0.1) is 0 Å². The molecule has 1 aromatic rings. The van der Waals surface area contributed by atoms with Gasteiger partial charge in [-0.1, -0.05) is 39.3 Å². The summed E-state index contributed by atoms with van der Waals surface area (Å²) >= 11 is 0. The molecule has 0 bridgehead atoms. The van der Waals surface area contributed by atoms with Crippen molar-refractivity contribution in [3.8, 4) is 5.75 Å². The van der Waals surface area contributed by atoms with E-state index in [2.05, 4.69) is 20.8 Å². The Labute approximate surface area is 140 Å². The van der Waals surface area contributed by atoms with Gasteiger partial charge in [0.2, 0.25) is 0 Å². The second-order valence-electron chi connectivity index (χ2n) is 7.73. The van der Waals surface area contributed by atoms with Crippen molar-refractivity contribution < 1.29 is 14.6 Å². The molecular formula is C20H30O3. The fourth-order valence-electron chi connectivity index (χ4n) is 4.19. The fraction of sp³-hybridized carbons (Fsp3) is 0.700. The number of hydrogen-bond donors (Lipinski definition) is 1.